The van der Waals surface area contributed by atoms with Crippen LogP contribution in [0.5, 0.6) is 0 Å². The topological polar surface area (TPSA) is 92.8 Å². The van der Waals surface area contributed by atoms with Crippen LogP contribution in [0.1, 0.15) is 11.6 Å². The average Bonchev–Trinajstić information content (AvgIpc) is 3.39. The van der Waals surface area contributed by atoms with E-state index in [0.29, 0.717) is 5.95 Å². The lowest BCUT2D eigenvalue weighted by Gasteiger charge is -2.33. The van der Waals surface area contributed by atoms with Gasteiger partial charge in [-0.1, -0.05) is 0 Å². The van der Waals surface area contributed by atoms with E-state index in [-0.39, 0.29) is 0 Å². The van der Waals surface area contributed by atoms with Crippen molar-refractivity contribution >= 4 is 17.5 Å². The summed E-state index contributed by atoms with van der Waals surface area (Å²) in [5, 5.41) is 12.1. The molecular weight excluding hydrogens is 416 g/mol. The van der Waals surface area contributed by atoms with Gasteiger partial charge in [0, 0.05) is 56.7 Å². The van der Waals surface area contributed by atoms with Crippen LogP contribution in [-0.2, 0) is 7.05 Å². The highest BCUT2D eigenvalue weighted by molar-refractivity contribution is 5.66. The first-order valence-corrected chi connectivity index (χ1v) is 11.0. The van der Waals surface area contributed by atoms with Gasteiger partial charge in [0.05, 0.1) is 17.6 Å². The van der Waals surface area contributed by atoms with Crippen LogP contribution in [0.4, 0.5) is 17.5 Å². The zero-order valence-electron chi connectivity index (χ0n) is 19.4. The van der Waals surface area contributed by atoms with Crippen LogP contribution in [0.15, 0.2) is 42.7 Å². The lowest BCUT2D eigenvalue weighted by Crippen LogP contribution is -2.44. The Balaban J connectivity index is 1.44. The number of nitrogens with one attached hydrogen (secondary N) is 1. The van der Waals surface area contributed by atoms with Crippen molar-refractivity contribution in [3.05, 3.63) is 54.4 Å². The van der Waals surface area contributed by atoms with Crippen molar-refractivity contribution in [3.8, 4) is 16.9 Å². The molecule has 1 N–H and O–H groups in total. The minimum absolute atomic E-state index is 0.561. The average molecular weight is 445 g/mol. The van der Waals surface area contributed by atoms with Gasteiger partial charge in [-0.25, -0.2) is 14.6 Å². The summed E-state index contributed by atoms with van der Waals surface area (Å²) in [6.45, 7) is 7.73. The number of anilines is 3. The fraction of sp³-hybridized carbons (Fsp3) is 0.348. The van der Waals surface area contributed by atoms with E-state index in [4.69, 9.17) is 9.97 Å². The number of hydrogen-bond donors (Lipinski definition) is 1. The number of likely N-dealkylation sites (N-methyl/N-ethyl adjacent to an activating group) is 1. The third-order valence-electron chi connectivity index (χ3n) is 5.78. The molecule has 1 saturated heterocycles. The molecule has 1 aliphatic heterocycles. The van der Waals surface area contributed by atoms with Gasteiger partial charge in [-0.05, 0) is 45.2 Å². The van der Waals surface area contributed by atoms with Gasteiger partial charge in [0.25, 0.3) is 0 Å². The van der Waals surface area contributed by atoms with Gasteiger partial charge < -0.3 is 15.1 Å². The predicted molar refractivity (Wildman–Crippen MR) is 128 cm³/mol. The molecule has 1 aromatic carbocycles. The van der Waals surface area contributed by atoms with E-state index in [1.807, 2.05) is 68.3 Å². The van der Waals surface area contributed by atoms with E-state index >= 15 is 0 Å². The maximum Gasteiger partial charge on any atom is 0.229 e. The van der Waals surface area contributed by atoms with Crippen molar-refractivity contribution in [2.75, 3.05) is 43.4 Å². The van der Waals surface area contributed by atoms with Crippen molar-refractivity contribution in [1.29, 1.82) is 0 Å². The SMILES string of the molecule is Cc1nc(C)n(-c2ccc(Nc3nc(-c4cnn(C)c4)cc(N4CCN(C)CC4)n3)cc2)n1. The van der Waals surface area contributed by atoms with E-state index < -0.39 is 0 Å². The largest absolute Gasteiger partial charge is 0.354 e. The van der Waals surface area contributed by atoms with Crippen LogP contribution in [0.25, 0.3) is 16.9 Å². The summed E-state index contributed by atoms with van der Waals surface area (Å²) < 4.78 is 3.62. The number of hydrogen-bond acceptors (Lipinski definition) is 8. The van der Waals surface area contributed by atoms with E-state index in [2.05, 4.69) is 37.3 Å². The number of rotatable bonds is 5. The summed E-state index contributed by atoms with van der Waals surface area (Å²) in [5.74, 6) is 3.10. The second-order valence-electron chi connectivity index (χ2n) is 8.42. The highest BCUT2D eigenvalue weighted by Gasteiger charge is 2.18. The second-order valence-corrected chi connectivity index (χ2v) is 8.42. The Labute approximate surface area is 192 Å². The molecule has 33 heavy (non-hydrogen) atoms. The van der Waals surface area contributed by atoms with Crippen molar-refractivity contribution in [1.82, 2.24) is 39.4 Å². The Morgan fingerprint density at radius 1 is 0.909 bits per heavy atom. The van der Waals surface area contributed by atoms with Crippen molar-refractivity contribution in [2.45, 2.75) is 13.8 Å². The number of nitrogens with zero attached hydrogens (tertiary/aromatic N) is 9. The Morgan fingerprint density at radius 3 is 2.30 bits per heavy atom. The van der Waals surface area contributed by atoms with Crippen molar-refractivity contribution in [2.24, 2.45) is 7.05 Å². The second kappa shape index (κ2) is 8.62. The summed E-state index contributed by atoms with van der Waals surface area (Å²) in [7, 11) is 4.06. The molecule has 5 rings (SSSR count). The highest BCUT2D eigenvalue weighted by Crippen LogP contribution is 2.26. The molecule has 3 aromatic heterocycles. The molecule has 4 aromatic rings. The van der Waals surface area contributed by atoms with Gasteiger partial charge in [0.2, 0.25) is 5.95 Å². The first-order valence-electron chi connectivity index (χ1n) is 11.0. The van der Waals surface area contributed by atoms with Gasteiger partial charge in [0.1, 0.15) is 17.5 Å². The van der Waals surface area contributed by atoms with Crippen LogP contribution < -0.4 is 10.2 Å². The lowest BCUT2D eigenvalue weighted by atomic mass is 10.2. The van der Waals surface area contributed by atoms with Crippen LogP contribution in [0.3, 0.4) is 0 Å². The zero-order chi connectivity index (χ0) is 22.9. The Bertz CT molecular complexity index is 1250. The molecule has 0 radical (unpaired) electrons. The van der Waals surface area contributed by atoms with Crippen molar-refractivity contribution in [3.63, 3.8) is 0 Å². The fourth-order valence-corrected chi connectivity index (χ4v) is 3.97. The fourth-order valence-electron chi connectivity index (χ4n) is 3.97. The van der Waals surface area contributed by atoms with E-state index in [9.17, 15) is 0 Å². The molecule has 0 saturated carbocycles. The van der Waals surface area contributed by atoms with Crippen LogP contribution in [0.2, 0.25) is 0 Å². The molecule has 0 bridgehead atoms. The molecule has 0 amide bonds. The third kappa shape index (κ3) is 4.56. The van der Waals surface area contributed by atoms with Crippen LogP contribution in [-0.4, -0.2) is 72.6 Å². The van der Waals surface area contributed by atoms with Crippen LogP contribution in [0, 0.1) is 13.8 Å². The maximum absolute atomic E-state index is 4.84. The number of benzene rings is 1. The number of piperazine rings is 1. The Hall–Kier alpha value is -3.79. The molecule has 0 unspecified atom stereocenters. The normalized spacial score (nSPS) is 14.6. The van der Waals surface area contributed by atoms with Gasteiger partial charge >= 0.3 is 0 Å². The highest BCUT2D eigenvalue weighted by atomic mass is 15.3. The third-order valence-corrected chi connectivity index (χ3v) is 5.78. The predicted octanol–water partition coefficient (Wildman–Crippen LogP) is 2.57. The zero-order valence-corrected chi connectivity index (χ0v) is 19.4. The minimum Gasteiger partial charge on any atom is -0.354 e. The monoisotopic (exact) mass is 444 g/mol. The minimum atomic E-state index is 0.561. The number of aromatic nitrogens is 7. The van der Waals surface area contributed by atoms with Crippen LogP contribution >= 0.6 is 0 Å². The van der Waals surface area contributed by atoms with E-state index in [0.717, 1.165) is 66.3 Å². The van der Waals surface area contributed by atoms with Crippen molar-refractivity contribution < 1.29 is 0 Å². The molecule has 1 fully saturated rings. The maximum atomic E-state index is 4.84. The smallest absolute Gasteiger partial charge is 0.229 e. The molecule has 0 atom stereocenters. The summed E-state index contributed by atoms with van der Waals surface area (Å²) in [6, 6.07) is 10.1. The van der Waals surface area contributed by atoms with E-state index in [1.54, 1.807) is 4.68 Å². The summed E-state index contributed by atoms with van der Waals surface area (Å²) in [4.78, 5) is 18.6. The van der Waals surface area contributed by atoms with Gasteiger partial charge in [0.15, 0.2) is 0 Å². The molecule has 4 heterocycles. The molecule has 10 nitrogen and oxygen atoms in total. The number of aryl methyl sites for hydroxylation is 3. The van der Waals surface area contributed by atoms with Gasteiger partial charge in [-0.3, -0.25) is 4.68 Å². The quantitative estimate of drug-likeness (QED) is 0.502. The van der Waals surface area contributed by atoms with E-state index in [1.165, 1.54) is 0 Å². The lowest BCUT2D eigenvalue weighted by molar-refractivity contribution is 0.312. The molecule has 0 spiro atoms. The van der Waals surface area contributed by atoms with Gasteiger partial charge in [-0.2, -0.15) is 15.2 Å². The van der Waals surface area contributed by atoms with Gasteiger partial charge in [-0.15, -0.1) is 0 Å². The first-order chi connectivity index (χ1) is 15.9. The Kier molecular flexibility index (Phi) is 5.51. The first kappa shape index (κ1) is 21.1. The summed E-state index contributed by atoms with van der Waals surface area (Å²) >= 11 is 0. The summed E-state index contributed by atoms with van der Waals surface area (Å²) in [5.41, 5.74) is 3.67. The Morgan fingerprint density at radius 2 is 1.67 bits per heavy atom. The molecule has 10 heteroatoms. The molecule has 1 aliphatic rings. The molecular formula is C23H28N10. The standard InChI is InChI=1S/C23H28N10/c1-16-25-17(2)33(29-16)20-7-5-19(6-8-20)26-23-27-21(18-14-24-31(4)15-18)13-22(28-23)32-11-9-30(3)10-12-32/h5-8,13-15H,9-12H2,1-4H3,(H,26,27,28). The molecule has 0 aliphatic carbocycles. The molecule has 170 valence electrons. The summed E-state index contributed by atoms with van der Waals surface area (Å²) in [6.07, 6.45) is 3.80.